The standard InChI is InChI=1S/C21H24N4O2/c1-21(2,15-22)25(3)18(26)14-23-19(16-10-6-4-7-11-16)20(27)24-17-12-8-5-9-13-17/h4-13,19,23H,14H2,1-3H3,(H,24,27). The number of para-hydroxylation sites is 1. The second-order valence-corrected chi connectivity index (χ2v) is 6.70. The van der Waals surface area contributed by atoms with Crippen molar-refractivity contribution in [3.05, 3.63) is 66.2 Å². The molecule has 0 fully saturated rings. The summed E-state index contributed by atoms with van der Waals surface area (Å²) in [5.74, 6) is -0.530. The monoisotopic (exact) mass is 364 g/mol. The highest BCUT2D eigenvalue weighted by atomic mass is 16.2. The van der Waals surface area contributed by atoms with Crippen LogP contribution in [0.2, 0.25) is 0 Å². The lowest BCUT2D eigenvalue weighted by Crippen LogP contribution is -2.48. The van der Waals surface area contributed by atoms with Crippen LogP contribution in [-0.2, 0) is 9.59 Å². The van der Waals surface area contributed by atoms with Crippen LogP contribution >= 0.6 is 0 Å². The molecule has 2 amide bonds. The molecule has 1 atom stereocenters. The number of nitrogens with one attached hydrogen (secondary N) is 2. The van der Waals surface area contributed by atoms with Crippen LogP contribution in [0, 0.1) is 11.3 Å². The van der Waals surface area contributed by atoms with Crippen LogP contribution < -0.4 is 10.6 Å². The van der Waals surface area contributed by atoms with Crippen molar-refractivity contribution in [1.82, 2.24) is 10.2 Å². The summed E-state index contributed by atoms with van der Waals surface area (Å²) >= 11 is 0. The van der Waals surface area contributed by atoms with Crippen LogP contribution in [0.3, 0.4) is 0 Å². The third kappa shape index (κ3) is 5.40. The van der Waals surface area contributed by atoms with E-state index in [1.165, 1.54) is 4.90 Å². The Hall–Kier alpha value is -3.17. The molecule has 0 aliphatic carbocycles. The highest BCUT2D eigenvalue weighted by Crippen LogP contribution is 2.17. The number of nitrogens with zero attached hydrogens (tertiary/aromatic N) is 2. The first-order valence-electron chi connectivity index (χ1n) is 8.67. The van der Waals surface area contributed by atoms with Gasteiger partial charge in [0.15, 0.2) is 0 Å². The molecule has 0 aliphatic rings. The molecule has 0 heterocycles. The van der Waals surface area contributed by atoms with Gasteiger partial charge in [-0.05, 0) is 31.5 Å². The molecule has 2 N–H and O–H groups in total. The smallest absolute Gasteiger partial charge is 0.246 e. The van der Waals surface area contributed by atoms with E-state index < -0.39 is 11.6 Å². The average Bonchev–Trinajstić information content (AvgIpc) is 2.69. The van der Waals surface area contributed by atoms with E-state index in [0.29, 0.717) is 5.69 Å². The molecule has 0 saturated carbocycles. The van der Waals surface area contributed by atoms with Gasteiger partial charge in [-0.2, -0.15) is 5.26 Å². The van der Waals surface area contributed by atoms with Crippen LogP contribution in [0.25, 0.3) is 0 Å². The van der Waals surface area contributed by atoms with E-state index in [9.17, 15) is 14.9 Å². The van der Waals surface area contributed by atoms with Gasteiger partial charge in [0, 0.05) is 12.7 Å². The van der Waals surface area contributed by atoms with Gasteiger partial charge in [-0.1, -0.05) is 48.5 Å². The molecule has 0 aromatic heterocycles. The lowest BCUT2D eigenvalue weighted by molar-refractivity contribution is -0.132. The molecule has 0 aliphatic heterocycles. The van der Waals surface area contributed by atoms with Gasteiger partial charge in [-0.15, -0.1) is 0 Å². The Morgan fingerprint density at radius 3 is 2.19 bits per heavy atom. The Labute approximate surface area is 159 Å². The molecule has 27 heavy (non-hydrogen) atoms. The fourth-order valence-corrected chi connectivity index (χ4v) is 2.44. The second kappa shape index (κ2) is 8.97. The quantitative estimate of drug-likeness (QED) is 0.791. The summed E-state index contributed by atoms with van der Waals surface area (Å²) in [6.07, 6.45) is 0. The highest BCUT2D eigenvalue weighted by Gasteiger charge is 2.28. The predicted octanol–water partition coefficient (Wildman–Crippen LogP) is 2.72. The molecule has 1 unspecified atom stereocenters. The summed E-state index contributed by atoms with van der Waals surface area (Å²) in [7, 11) is 1.58. The molecule has 2 aromatic rings. The van der Waals surface area contributed by atoms with Crippen LogP contribution in [0.4, 0.5) is 5.69 Å². The van der Waals surface area contributed by atoms with Gasteiger partial charge in [-0.3, -0.25) is 14.9 Å². The number of anilines is 1. The van der Waals surface area contributed by atoms with Gasteiger partial charge in [0.05, 0.1) is 12.6 Å². The number of amides is 2. The van der Waals surface area contributed by atoms with E-state index in [4.69, 9.17) is 0 Å². The summed E-state index contributed by atoms with van der Waals surface area (Å²) in [4.78, 5) is 26.6. The normalized spacial score (nSPS) is 11.9. The molecule has 6 heteroatoms. The van der Waals surface area contributed by atoms with E-state index in [1.807, 2.05) is 48.5 Å². The van der Waals surface area contributed by atoms with E-state index in [-0.39, 0.29) is 18.4 Å². The third-order valence-electron chi connectivity index (χ3n) is 4.38. The van der Waals surface area contributed by atoms with E-state index >= 15 is 0 Å². The van der Waals surface area contributed by atoms with Gasteiger partial charge in [0.25, 0.3) is 0 Å². The summed E-state index contributed by atoms with van der Waals surface area (Å²) in [5, 5.41) is 15.1. The Morgan fingerprint density at radius 2 is 1.63 bits per heavy atom. The number of likely N-dealkylation sites (N-methyl/N-ethyl adjacent to an activating group) is 1. The molecular weight excluding hydrogens is 340 g/mol. The summed E-state index contributed by atoms with van der Waals surface area (Å²) in [6.45, 7) is 3.27. The molecule has 2 rings (SSSR count). The molecule has 140 valence electrons. The Bertz CT molecular complexity index is 813. The fourth-order valence-electron chi connectivity index (χ4n) is 2.44. The first kappa shape index (κ1) is 20.1. The van der Waals surface area contributed by atoms with Crippen molar-refractivity contribution >= 4 is 17.5 Å². The maximum Gasteiger partial charge on any atom is 0.246 e. The number of benzene rings is 2. The van der Waals surface area contributed by atoms with E-state index in [0.717, 1.165) is 5.56 Å². The maximum atomic E-state index is 12.8. The van der Waals surface area contributed by atoms with Crippen LogP contribution in [0.1, 0.15) is 25.5 Å². The Balaban J connectivity index is 2.13. The molecule has 0 saturated heterocycles. The number of carbonyl (C=O) groups is 2. The molecule has 0 spiro atoms. The van der Waals surface area contributed by atoms with Crippen molar-refractivity contribution in [2.45, 2.75) is 25.4 Å². The van der Waals surface area contributed by atoms with Crippen molar-refractivity contribution < 1.29 is 9.59 Å². The summed E-state index contributed by atoms with van der Waals surface area (Å²) in [6, 6.07) is 19.7. The number of nitriles is 1. The summed E-state index contributed by atoms with van der Waals surface area (Å²) in [5.41, 5.74) is 0.507. The van der Waals surface area contributed by atoms with Gasteiger partial charge in [-0.25, -0.2) is 0 Å². The zero-order chi connectivity index (χ0) is 19.9. The minimum Gasteiger partial charge on any atom is -0.326 e. The lowest BCUT2D eigenvalue weighted by atomic mass is 10.0. The molecular formula is C21H24N4O2. The number of hydrogen-bond acceptors (Lipinski definition) is 4. The molecule has 6 nitrogen and oxygen atoms in total. The maximum absolute atomic E-state index is 12.8. The molecule has 0 bridgehead atoms. The number of rotatable bonds is 7. The Kier molecular flexibility index (Phi) is 6.69. The zero-order valence-corrected chi connectivity index (χ0v) is 15.8. The van der Waals surface area contributed by atoms with Gasteiger partial charge in [0.1, 0.15) is 11.6 Å². The number of hydrogen-bond donors (Lipinski definition) is 2. The Morgan fingerprint density at radius 1 is 1.07 bits per heavy atom. The lowest BCUT2D eigenvalue weighted by Gasteiger charge is -2.30. The van der Waals surface area contributed by atoms with Crippen molar-refractivity contribution in [3.63, 3.8) is 0 Å². The van der Waals surface area contributed by atoms with Gasteiger partial charge >= 0.3 is 0 Å². The van der Waals surface area contributed by atoms with Crippen molar-refractivity contribution in [3.8, 4) is 6.07 Å². The predicted molar refractivity (Wildman–Crippen MR) is 105 cm³/mol. The largest absolute Gasteiger partial charge is 0.326 e. The second-order valence-electron chi connectivity index (χ2n) is 6.70. The minimum atomic E-state index is -0.923. The van der Waals surface area contributed by atoms with Crippen molar-refractivity contribution in [2.24, 2.45) is 0 Å². The topological polar surface area (TPSA) is 85.2 Å². The molecule has 2 aromatic carbocycles. The van der Waals surface area contributed by atoms with Crippen molar-refractivity contribution in [2.75, 3.05) is 18.9 Å². The van der Waals surface area contributed by atoms with Crippen LogP contribution in [0.15, 0.2) is 60.7 Å². The fraction of sp³-hybridized carbons (Fsp3) is 0.286. The zero-order valence-electron chi connectivity index (χ0n) is 15.8. The molecule has 0 radical (unpaired) electrons. The average molecular weight is 364 g/mol. The summed E-state index contributed by atoms with van der Waals surface area (Å²) < 4.78 is 0. The van der Waals surface area contributed by atoms with Gasteiger partial charge in [0.2, 0.25) is 11.8 Å². The van der Waals surface area contributed by atoms with E-state index in [2.05, 4.69) is 16.7 Å². The highest BCUT2D eigenvalue weighted by molar-refractivity contribution is 5.96. The van der Waals surface area contributed by atoms with Crippen LogP contribution in [0.5, 0.6) is 0 Å². The first-order valence-corrected chi connectivity index (χ1v) is 8.67. The van der Waals surface area contributed by atoms with Crippen molar-refractivity contribution in [1.29, 1.82) is 5.26 Å². The third-order valence-corrected chi connectivity index (χ3v) is 4.38. The van der Waals surface area contributed by atoms with E-state index in [1.54, 1.807) is 33.0 Å². The van der Waals surface area contributed by atoms with Crippen LogP contribution in [-0.4, -0.2) is 35.8 Å². The first-order chi connectivity index (χ1) is 12.8. The van der Waals surface area contributed by atoms with Gasteiger partial charge < -0.3 is 10.2 Å². The number of carbonyl (C=O) groups excluding carboxylic acids is 2. The SMILES string of the molecule is CN(C(=O)CNC(C(=O)Nc1ccccc1)c1ccccc1)C(C)(C)C#N. The minimum absolute atomic E-state index is 0.0661.